The number of rotatable bonds is 7. The molecule has 1 heterocycles. The third-order valence-electron chi connectivity index (χ3n) is 4.68. The smallest absolute Gasteiger partial charge is 0.241 e. The molecule has 1 unspecified atom stereocenters. The molecule has 4 nitrogen and oxygen atoms in total. The van der Waals surface area contributed by atoms with Gasteiger partial charge in [0, 0.05) is 43.1 Å². The summed E-state index contributed by atoms with van der Waals surface area (Å²) in [5, 5.41) is 0. The second-order valence-electron chi connectivity index (χ2n) is 6.56. The van der Waals surface area contributed by atoms with Crippen molar-refractivity contribution in [3.05, 3.63) is 66.2 Å². The molecule has 0 spiro atoms. The largest absolute Gasteiger partial charge is 0.343 e. The van der Waals surface area contributed by atoms with Gasteiger partial charge in [-0.3, -0.25) is 9.59 Å². The van der Waals surface area contributed by atoms with Crippen molar-refractivity contribution in [2.24, 2.45) is 0 Å². The summed E-state index contributed by atoms with van der Waals surface area (Å²) in [6, 6.07) is 20.2. The average Bonchev–Trinajstić information content (AvgIpc) is 3.03. The summed E-state index contributed by atoms with van der Waals surface area (Å²) in [6.07, 6.45) is 0.491. The van der Waals surface area contributed by atoms with Gasteiger partial charge in [0.15, 0.2) is 0 Å². The highest BCUT2D eigenvalue weighted by Crippen LogP contribution is 2.27. The summed E-state index contributed by atoms with van der Waals surface area (Å²) in [5.74, 6) is 1.10. The van der Waals surface area contributed by atoms with E-state index in [-0.39, 0.29) is 24.3 Å². The van der Waals surface area contributed by atoms with Gasteiger partial charge in [-0.05, 0) is 17.7 Å². The van der Waals surface area contributed by atoms with Crippen LogP contribution in [-0.4, -0.2) is 54.0 Å². The summed E-state index contributed by atoms with van der Waals surface area (Å²) in [4.78, 5) is 29.3. The van der Waals surface area contributed by atoms with Crippen LogP contribution in [0.2, 0.25) is 0 Å². The zero-order chi connectivity index (χ0) is 18.4. The monoisotopic (exact) mass is 368 g/mol. The number of carbonyl (C=O) groups excluding carboxylic acids is 2. The lowest BCUT2D eigenvalue weighted by atomic mass is 9.99. The van der Waals surface area contributed by atoms with E-state index in [1.54, 1.807) is 21.6 Å². The van der Waals surface area contributed by atoms with Crippen molar-refractivity contribution < 1.29 is 9.59 Å². The normalized spacial score (nSPS) is 16.7. The molecule has 26 heavy (non-hydrogen) atoms. The Morgan fingerprint density at radius 2 is 1.77 bits per heavy atom. The van der Waals surface area contributed by atoms with Gasteiger partial charge in [0.1, 0.15) is 0 Å². The van der Waals surface area contributed by atoms with Crippen molar-refractivity contribution in [1.29, 1.82) is 0 Å². The van der Waals surface area contributed by atoms with Gasteiger partial charge >= 0.3 is 0 Å². The minimum Gasteiger partial charge on any atom is -0.343 e. The first-order valence-corrected chi connectivity index (χ1v) is 9.86. The fourth-order valence-electron chi connectivity index (χ4n) is 3.10. The SMILES string of the molecule is CN(CCSc1ccccc1)C(=O)CN1CC(c2ccccc2)CC1=O. The number of hydrogen-bond donors (Lipinski definition) is 0. The lowest BCUT2D eigenvalue weighted by Crippen LogP contribution is -2.39. The molecule has 0 saturated carbocycles. The minimum absolute atomic E-state index is 0.000670. The lowest BCUT2D eigenvalue weighted by Gasteiger charge is -2.22. The summed E-state index contributed by atoms with van der Waals surface area (Å²) < 4.78 is 0. The van der Waals surface area contributed by atoms with Crippen LogP contribution < -0.4 is 0 Å². The fraction of sp³-hybridized carbons (Fsp3) is 0.333. The van der Waals surface area contributed by atoms with E-state index in [9.17, 15) is 9.59 Å². The number of thioether (sulfide) groups is 1. The quantitative estimate of drug-likeness (QED) is 0.705. The molecule has 0 aliphatic carbocycles. The van der Waals surface area contributed by atoms with Gasteiger partial charge in [-0.2, -0.15) is 0 Å². The zero-order valence-electron chi connectivity index (χ0n) is 15.0. The zero-order valence-corrected chi connectivity index (χ0v) is 15.8. The number of benzene rings is 2. The van der Waals surface area contributed by atoms with Gasteiger partial charge in [-0.15, -0.1) is 11.8 Å². The van der Waals surface area contributed by atoms with Crippen LogP contribution in [0.3, 0.4) is 0 Å². The number of likely N-dealkylation sites (tertiary alicyclic amines) is 1. The summed E-state index contributed by atoms with van der Waals surface area (Å²) in [6.45, 7) is 1.47. The highest BCUT2D eigenvalue weighted by Gasteiger charge is 2.32. The summed E-state index contributed by atoms with van der Waals surface area (Å²) in [5.41, 5.74) is 1.17. The highest BCUT2D eigenvalue weighted by molar-refractivity contribution is 7.99. The number of hydrogen-bond acceptors (Lipinski definition) is 3. The number of amides is 2. The number of likely N-dealkylation sites (N-methyl/N-ethyl adjacent to an activating group) is 1. The number of carbonyl (C=O) groups is 2. The van der Waals surface area contributed by atoms with E-state index in [0.717, 1.165) is 5.75 Å². The molecule has 0 aromatic heterocycles. The molecule has 3 rings (SSSR count). The van der Waals surface area contributed by atoms with E-state index in [1.807, 2.05) is 43.4 Å². The Labute approximate surface area is 159 Å². The van der Waals surface area contributed by atoms with Crippen molar-refractivity contribution in [2.45, 2.75) is 17.2 Å². The molecule has 0 radical (unpaired) electrons. The fourth-order valence-corrected chi connectivity index (χ4v) is 4.05. The third-order valence-corrected chi connectivity index (χ3v) is 5.67. The van der Waals surface area contributed by atoms with Crippen LogP contribution in [0.25, 0.3) is 0 Å². The van der Waals surface area contributed by atoms with E-state index in [1.165, 1.54) is 10.5 Å². The van der Waals surface area contributed by atoms with E-state index in [2.05, 4.69) is 24.3 Å². The molecule has 1 atom stereocenters. The maximum atomic E-state index is 12.5. The maximum absolute atomic E-state index is 12.5. The predicted octanol–water partition coefficient (Wildman–Crippen LogP) is 3.25. The second kappa shape index (κ2) is 8.90. The second-order valence-corrected chi connectivity index (χ2v) is 7.73. The summed E-state index contributed by atoms with van der Waals surface area (Å²) >= 11 is 1.73. The van der Waals surface area contributed by atoms with Crippen LogP contribution in [0, 0.1) is 0 Å². The van der Waals surface area contributed by atoms with Crippen molar-refractivity contribution in [3.8, 4) is 0 Å². The Bertz CT molecular complexity index is 736. The topological polar surface area (TPSA) is 40.6 Å². The standard InChI is InChI=1S/C21H24N2O2S/c1-22(12-13-26-19-10-6-3-7-11-19)21(25)16-23-15-18(14-20(23)24)17-8-4-2-5-9-17/h2-11,18H,12-16H2,1H3. The Morgan fingerprint density at radius 1 is 1.12 bits per heavy atom. The van der Waals surface area contributed by atoms with Crippen LogP contribution >= 0.6 is 11.8 Å². The minimum atomic E-state index is 0.000670. The lowest BCUT2D eigenvalue weighted by molar-refractivity contribution is -0.137. The van der Waals surface area contributed by atoms with Crippen molar-refractivity contribution in [2.75, 3.05) is 32.4 Å². The van der Waals surface area contributed by atoms with E-state index < -0.39 is 0 Å². The van der Waals surface area contributed by atoms with Crippen LogP contribution in [0.1, 0.15) is 17.9 Å². The average molecular weight is 369 g/mol. The van der Waals surface area contributed by atoms with Gasteiger partial charge in [0.25, 0.3) is 0 Å². The Hall–Kier alpha value is -2.27. The van der Waals surface area contributed by atoms with Gasteiger partial charge in [-0.25, -0.2) is 0 Å². The van der Waals surface area contributed by atoms with Crippen molar-refractivity contribution in [1.82, 2.24) is 9.80 Å². The molecule has 1 fully saturated rings. The summed E-state index contributed by atoms with van der Waals surface area (Å²) in [7, 11) is 1.81. The van der Waals surface area contributed by atoms with Gasteiger partial charge in [-0.1, -0.05) is 48.5 Å². The van der Waals surface area contributed by atoms with Crippen LogP contribution in [-0.2, 0) is 9.59 Å². The highest BCUT2D eigenvalue weighted by atomic mass is 32.2. The van der Waals surface area contributed by atoms with Crippen molar-refractivity contribution >= 4 is 23.6 Å². The molecule has 0 bridgehead atoms. The van der Waals surface area contributed by atoms with Gasteiger partial charge < -0.3 is 9.80 Å². The first kappa shape index (κ1) is 18.5. The molecule has 136 valence electrons. The van der Waals surface area contributed by atoms with Gasteiger partial charge in [0.2, 0.25) is 11.8 Å². The first-order chi connectivity index (χ1) is 12.6. The van der Waals surface area contributed by atoms with Crippen LogP contribution in [0.4, 0.5) is 0 Å². The molecule has 0 N–H and O–H groups in total. The molecule has 2 aromatic carbocycles. The van der Waals surface area contributed by atoms with Gasteiger partial charge in [0.05, 0.1) is 6.54 Å². The van der Waals surface area contributed by atoms with E-state index >= 15 is 0 Å². The van der Waals surface area contributed by atoms with Crippen LogP contribution in [0.5, 0.6) is 0 Å². The Balaban J connectivity index is 1.45. The molecular weight excluding hydrogens is 344 g/mol. The molecule has 2 amide bonds. The predicted molar refractivity (Wildman–Crippen MR) is 105 cm³/mol. The Kier molecular flexibility index (Phi) is 6.34. The molecule has 1 aliphatic rings. The molecule has 2 aromatic rings. The molecule has 1 aliphatic heterocycles. The molecule has 5 heteroatoms. The first-order valence-electron chi connectivity index (χ1n) is 8.88. The maximum Gasteiger partial charge on any atom is 0.241 e. The number of nitrogens with zero attached hydrogens (tertiary/aromatic N) is 2. The van der Waals surface area contributed by atoms with Crippen molar-refractivity contribution in [3.63, 3.8) is 0 Å². The van der Waals surface area contributed by atoms with Crippen LogP contribution in [0.15, 0.2) is 65.6 Å². The van der Waals surface area contributed by atoms with E-state index in [4.69, 9.17) is 0 Å². The van der Waals surface area contributed by atoms with E-state index in [0.29, 0.717) is 19.5 Å². The molecule has 1 saturated heterocycles. The molecular formula is C21H24N2O2S. The Morgan fingerprint density at radius 3 is 2.46 bits per heavy atom. The third kappa shape index (κ3) is 4.88.